The van der Waals surface area contributed by atoms with E-state index in [1.54, 1.807) is 20.8 Å². The van der Waals surface area contributed by atoms with E-state index in [0.717, 1.165) is 0 Å². The Morgan fingerprint density at radius 2 is 2.00 bits per heavy atom. The molecule has 1 atom stereocenters. The minimum atomic E-state index is -3.10. The van der Waals surface area contributed by atoms with Crippen molar-refractivity contribution >= 4 is 15.8 Å². The molecule has 0 aromatic rings. The summed E-state index contributed by atoms with van der Waals surface area (Å²) in [6.07, 6.45) is 0. The van der Waals surface area contributed by atoms with Crippen molar-refractivity contribution in [1.29, 1.82) is 0 Å². The second-order valence-electron chi connectivity index (χ2n) is 4.65. The molecule has 0 spiro atoms. The number of carbonyl (C=O) groups excluding carboxylic acids is 1. The van der Waals surface area contributed by atoms with Crippen LogP contribution in [0.25, 0.3) is 0 Å². The molecule has 1 rings (SSSR count). The van der Waals surface area contributed by atoms with E-state index in [4.69, 9.17) is 4.74 Å². The molecule has 15 heavy (non-hydrogen) atoms. The zero-order valence-electron chi connectivity index (χ0n) is 9.24. The number of hydrogen-bond acceptors (Lipinski definition) is 5. The van der Waals surface area contributed by atoms with Crippen LogP contribution in [0.3, 0.4) is 0 Å². The average molecular weight is 235 g/mol. The molecule has 1 fully saturated rings. The third-order valence-corrected chi connectivity index (χ3v) is 3.58. The lowest BCUT2D eigenvalue weighted by atomic mass is 10.2. The van der Waals surface area contributed by atoms with E-state index in [-0.39, 0.29) is 11.5 Å². The Morgan fingerprint density at radius 1 is 1.40 bits per heavy atom. The summed E-state index contributed by atoms with van der Waals surface area (Å²) in [5, 5.41) is 2.84. The fraction of sp³-hybridized carbons (Fsp3) is 0.889. The van der Waals surface area contributed by atoms with E-state index in [0.29, 0.717) is 6.54 Å². The van der Waals surface area contributed by atoms with Crippen molar-refractivity contribution in [2.24, 2.45) is 0 Å². The van der Waals surface area contributed by atoms with Gasteiger partial charge in [-0.15, -0.1) is 0 Å². The first-order valence-corrected chi connectivity index (χ1v) is 6.68. The Morgan fingerprint density at radius 3 is 2.47 bits per heavy atom. The van der Waals surface area contributed by atoms with Crippen molar-refractivity contribution in [2.45, 2.75) is 32.4 Å². The van der Waals surface area contributed by atoms with Crippen LogP contribution in [0.5, 0.6) is 0 Å². The van der Waals surface area contributed by atoms with Gasteiger partial charge in [0.25, 0.3) is 0 Å². The van der Waals surface area contributed by atoms with Gasteiger partial charge < -0.3 is 10.1 Å². The second kappa shape index (κ2) is 4.09. The number of rotatable bonds is 1. The summed E-state index contributed by atoms with van der Waals surface area (Å²) < 4.78 is 27.7. The SMILES string of the molecule is CC(C)(C)OC(=O)C1CS(=O)(=O)CCN1. The largest absolute Gasteiger partial charge is 0.459 e. The number of carbonyl (C=O) groups is 1. The highest BCUT2D eigenvalue weighted by Crippen LogP contribution is 2.11. The normalized spacial score (nSPS) is 25.9. The first kappa shape index (κ1) is 12.4. The number of ether oxygens (including phenoxy) is 1. The Kier molecular flexibility index (Phi) is 3.40. The quantitative estimate of drug-likeness (QED) is 0.633. The molecule has 1 aliphatic rings. The van der Waals surface area contributed by atoms with Gasteiger partial charge in [-0.2, -0.15) is 0 Å². The maximum atomic E-state index is 11.6. The molecule has 0 aliphatic carbocycles. The standard InChI is InChI=1S/C9H17NO4S/c1-9(2,3)14-8(11)7-6-15(12,13)5-4-10-7/h7,10H,4-6H2,1-3H3. The van der Waals surface area contributed by atoms with Gasteiger partial charge in [-0.1, -0.05) is 0 Å². The molecule has 1 N–H and O–H groups in total. The van der Waals surface area contributed by atoms with Gasteiger partial charge in [0, 0.05) is 6.54 Å². The zero-order valence-corrected chi connectivity index (χ0v) is 10.1. The monoisotopic (exact) mass is 235 g/mol. The lowest BCUT2D eigenvalue weighted by molar-refractivity contribution is -0.156. The van der Waals surface area contributed by atoms with E-state index in [1.165, 1.54) is 0 Å². The van der Waals surface area contributed by atoms with Gasteiger partial charge >= 0.3 is 5.97 Å². The highest BCUT2D eigenvalue weighted by molar-refractivity contribution is 7.91. The van der Waals surface area contributed by atoms with Crippen LogP contribution in [0.1, 0.15) is 20.8 Å². The van der Waals surface area contributed by atoms with Crippen LogP contribution in [-0.2, 0) is 19.4 Å². The Labute approximate surface area is 90.1 Å². The van der Waals surface area contributed by atoms with E-state index in [1.807, 2.05) is 0 Å². The van der Waals surface area contributed by atoms with E-state index in [9.17, 15) is 13.2 Å². The van der Waals surface area contributed by atoms with Crippen molar-refractivity contribution in [3.8, 4) is 0 Å². The van der Waals surface area contributed by atoms with Crippen molar-refractivity contribution < 1.29 is 17.9 Å². The first-order valence-electron chi connectivity index (χ1n) is 4.86. The third kappa shape index (κ3) is 4.17. The van der Waals surface area contributed by atoms with Crippen LogP contribution in [0.2, 0.25) is 0 Å². The van der Waals surface area contributed by atoms with Crippen LogP contribution < -0.4 is 5.32 Å². The van der Waals surface area contributed by atoms with Gasteiger partial charge in [0.2, 0.25) is 0 Å². The van der Waals surface area contributed by atoms with Gasteiger partial charge in [-0.3, -0.25) is 4.79 Å². The minimum Gasteiger partial charge on any atom is -0.459 e. The van der Waals surface area contributed by atoms with Crippen LogP contribution in [0, 0.1) is 0 Å². The van der Waals surface area contributed by atoms with Gasteiger partial charge in [0.15, 0.2) is 9.84 Å². The average Bonchev–Trinajstić information content (AvgIpc) is 1.99. The lowest BCUT2D eigenvalue weighted by Gasteiger charge is -2.26. The molecular formula is C9H17NO4S. The smallest absolute Gasteiger partial charge is 0.324 e. The maximum absolute atomic E-state index is 11.6. The van der Waals surface area contributed by atoms with Gasteiger partial charge in [0.05, 0.1) is 11.5 Å². The van der Waals surface area contributed by atoms with E-state index < -0.39 is 27.4 Å². The number of esters is 1. The molecular weight excluding hydrogens is 218 g/mol. The summed E-state index contributed by atoms with van der Waals surface area (Å²) in [6.45, 7) is 5.57. The molecule has 0 saturated carbocycles. The lowest BCUT2D eigenvalue weighted by Crippen LogP contribution is -2.51. The topological polar surface area (TPSA) is 72.5 Å². The molecule has 0 radical (unpaired) electrons. The zero-order chi connectivity index (χ0) is 11.7. The Bertz CT molecular complexity index is 342. The number of nitrogens with one attached hydrogen (secondary N) is 1. The fourth-order valence-electron chi connectivity index (χ4n) is 1.31. The first-order chi connectivity index (χ1) is 6.70. The Balaban J connectivity index is 2.61. The summed E-state index contributed by atoms with van der Waals surface area (Å²) in [7, 11) is -3.10. The maximum Gasteiger partial charge on any atom is 0.324 e. The van der Waals surface area contributed by atoms with Gasteiger partial charge in [-0.05, 0) is 20.8 Å². The fourth-order valence-corrected chi connectivity index (χ4v) is 2.67. The van der Waals surface area contributed by atoms with Crippen LogP contribution in [0.4, 0.5) is 0 Å². The Hall–Kier alpha value is -0.620. The van der Waals surface area contributed by atoms with Crippen LogP contribution in [-0.4, -0.2) is 44.1 Å². The summed E-state index contributed by atoms with van der Waals surface area (Å²) in [5.74, 6) is -0.570. The number of hydrogen-bond donors (Lipinski definition) is 1. The molecule has 88 valence electrons. The van der Waals surface area contributed by atoms with Crippen molar-refractivity contribution in [2.75, 3.05) is 18.1 Å². The molecule has 5 nitrogen and oxygen atoms in total. The van der Waals surface area contributed by atoms with Crippen molar-refractivity contribution in [3.05, 3.63) is 0 Å². The molecule has 0 bridgehead atoms. The molecule has 0 aromatic carbocycles. The summed E-state index contributed by atoms with van der Waals surface area (Å²) in [6, 6.07) is -0.719. The number of sulfone groups is 1. The predicted octanol–water partition coefficient (Wildman–Crippen LogP) is -0.285. The summed E-state index contributed by atoms with van der Waals surface area (Å²) >= 11 is 0. The highest BCUT2D eigenvalue weighted by atomic mass is 32.2. The second-order valence-corrected chi connectivity index (χ2v) is 6.88. The third-order valence-electron chi connectivity index (χ3n) is 1.92. The molecule has 1 unspecified atom stereocenters. The molecule has 6 heteroatoms. The van der Waals surface area contributed by atoms with Crippen molar-refractivity contribution in [1.82, 2.24) is 5.32 Å². The molecule has 0 aromatic heterocycles. The summed E-state index contributed by atoms with van der Waals surface area (Å²) in [4.78, 5) is 11.6. The van der Waals surface area contributed by atoms with E-state index >= 15 is 0 Å². The van der Waals surface area contributed by atoms with E-state index in [2.05, 4.69) is 5.32 Å². The molecule has 1 saturated heterocycles. The summed E-state index contributed by atoms with van der Waals surface area (Å²) in [5.41, 5.74) is -0.583. The highest BCUT2D eigenvalue weighted by Gasteiger charge is 2.32. The van der Waals surface area contributed by atoms with Crippen molar-refractivity contribution in [3.63, 3.8) is 0 Å². The molecule has 1 heterocycles. The molecule has 1 aliphatic heterocycles. The minimum absolute atomic E-state index is 0.0896. The predicted molar refractivity (Wildman–Crippen MR) is 56.3 cm³/mol. The molecule has 0 amide bonds. The van der Waals surface area contributed by atoms with Crippen LogP contribution >= 0.6 is 0 Å². The van der Waals surface area contributed by atoms with Crippen LogP contribution in [0.15, 0.2) is 0 Å². The van der Waals surface area contributed by atoms with Gasteiger partial charge in [0.1, 0.15) is 11.6 Å². The van der Waals surface area contributed by atoms with Gasteiger partial charge in [-0.25, -0.2) is 8.42 Å².